The van der Waals surface area contributed by atoms with Crippen molar-refractivity contribution >= 4 is 21.7 Å². The molecule has 19 heavy (non-hydrogen) atoms. The third-order valence-corrected chi connectivity index (χ3v) is 3.81. The summed E-state index contributed by atoms with van der Waals surface area (Å²) in [6, 6.07) is 6.49. The first kappa shape index (κ1) is 13.1. The van der Waals surface area contributed by atoms with Crippen LogP contribution in [0.5, 0.6) is 0 Å². The molecule has 100 valence electrons. The predicted octanol–water partition coefficient (Wildman–Crippen LogP) is 0.803. The van der Waals surface area contributed by atoms with E-state index in [1.165, 1.54) is 12.3 Å². The highest BCUT2D eigenvalue weighted by atomic mass is 32.2. The van der Waals surface area contributed by atoms with Crippen molar-refractivity contribution in [3.63, 3.8) is 0 Å². The number of benzene rings is 1. The summed E-state index contributed by atoms with van der Waals surface area (Å²) in [5, 5.41) is 13.5. The van der Waals surface area contributed by atoms with E-state index in [9.17, 15) is 8.42 Å². The Labute approximate surface area is 110 Å². The average Bonchev–Trinajstić information content (AvgIpc) is 2.76. The molecular formula is C11H13N5O2S. The molecule has 1 aromatic heterocycles. The number of aromatic amines is 1. The lowest BCUT2D eigenvalue weighted by molar-refractivity contribution is 0.601. The van der Waals surface area contributed by atoms with Crippen molar-refractivity contribution in [2.24, 2.45) is 5.73 Å². The SMILES string of the molecule is Cc1cccc(S(=O)(=O)Nc2[nH]ncc2C(=N)N)c1. The third-order valence-electron chi connectivity index (χ3n) is 2.47. The van der Waals surface area contributed by atoms with Crippen LogP contribution in [0.25, 0.3) is 0 Å². The molecule has 0 saturated carbocycles. The molecule has 1 heterocycles. The van der Waals surface area contributed by atoms with Crippen molar-refractivity contribution < 1.29 is 8.42 Å². The molecule has 1 aromatic carbocycles. The van der Waals surface area contributed by atoms with Gasteiger partial charge in [-0.1, -0.05) is 12.1 Å². The first-order valence-corrected chi connectivity index (χ1v) is 6.86. The number of amidine groups is 1. The number of rotatable bonds is 4. The molecule has 0 amide bonds. The van der Waals surface area contributed by atoms with Gasteiger partial charge in [0.05, 0.1) is 16.7 Å². The molecule has 0 aliphatic rings. The molecule has 0 fully saturated rings. The lowest BCUT2D eigenvalue weighted by Gasteiger charge is -2.08. The number of hydrogen-bond donors (Lipinski definition) is 4. The van der Waals surface area contributed by atoms with Crippen LogP contribution in [0.4, 0.5) is 5.82 Å². The Balaban J connectivity index is 2.37. The van der Waals surface area contributed by atoms with Gasteiger partial charge in [-0.25, -0.2) is 8.42 Å². The molecule has 7 nitrogen and oxygen atoms in total. The summed E-state index contributed by atoms with van der Waals surface area (Å²) < 4.78 is 26.6. The van der Waals surface area contributed by atoms with Gasteiger partial charge in [0.15, 0.2) is 0 Å². The zero-order chi connectivity index (χ0) is 14.0. The van der Waals surface area contributed by atoms with Crippen LogP contribution in [0.3, 0.4) is 0 Å². The second kappa shape index (κ2) is 4.73. The standard InChI is InChI=1S/C11H13N5O2S/c1-7-3-2-4-8(5-7)19(17,18)16-11-9(10(12)13)6-14-15-11/h2-6H,1H3,(H3,12,13)(H2,14,15,16). The molecule has 2 aromatic rings. The summed E-state index contributed by atoms with van der Waals surface area (Å²) in [6.07, 6.45) is 1.29. The van der Waals surface area contributed by atoms with Gasteiger partial charge in [-0.05, 0) is 24.6 Å². The van der Waals surface area contributed by atoms with Gasteiger partial charge in [-0.2, -0.15) is 5.10 Å². The number of nitrogens with zero attached hydrogens (tertiary/aromatic N) is 1. The molecule has 5 N–H and O–H groups in total. The van der Waals surface area contributed by atoms with Crippen LogP contribution in [0.1, 0.15) is 11.1 Å². The van der Waals surface area contributed by atoms with Crippen LogP contribution in [0, 0.1) is 12.3 Å². The Kier molecular flexibility index (Phi) is 3.26. The van der Waals surface area contributed by atoms with Crippen LogP contribution in [0.2, 0.25) is 0 Å². The largest absolute Gasteiger partial charge is 0.384 e. The van der Waals surface area contributed by atoms with E-state index in [1.54, 1.807) is 25.1 Å². The van der Waals surface area contributed by atoms with Gasteiger partial charge in [0.1, 0.15) is 11.7 Å². The van der Waals surface area contributed by atoms with Crippen molar-refractivity contribution in [2.75, 3.05) is 4.72 Å². The van der Waals surface area contributed by atoms with E-state index in [2.05, 4.69) is 14.9 Å². The Morgan fingerprint density at radius 1 is 1.47 bits per heavy atom. The molecule has 0 unspecified atom stereocenters. The summed E-state index contributed by atoms with van der Waals surface area (Å²) in [5.41, 5.74) is 6.37. The molecule has 0 radical (unpaired) electrons. The fourth-order valence-corrected chi connectivity index (χ4v) is 2.68. The summed E-state index contributed by atoms with van der Waals surface area (Å²) in [7, 11) is -3.74. The minimum absolute atomic E-state index is 0.0778. The van der Waals surface area contributed by atoms with E-state index in [0.29, 0.717) is 0 Å². The predicted molar refractivity (Wildman–Crippen MR) is 71.6 cm³/mol. The van der Waals surface area contributed by atoms with Gasteiger partial charge in [-0.15, -0.1) is 0 Å². The quantitative estimate of drug-likeness (QED) is 0.488. The maximum absolute atomic E-state index is 12.2. The van der Waals surface area contributed by atoms with E-state index >= 15 is 0 Å². The van der Waals surface area contributed by atoms with Crippen molar-refractivity contribution in [3.8, 4) is 0 Å². The molecule has 0 spiro atoms. The molecule has 0 aliphatic heterocycles. The summed E-state index contributed by atoms with van der Waals surface area (Å²) >= 11 is 0. The highest BCUT2D eigenvalue weighted by molar-refractivity contribution is 7.92. The summed E-state index contributed by atoms with van der Waals surface area (Å²) in [5.74, 6) is -0.190. The van der Waals surface area contributed by atoms with Gasteiger partial charge in [0.25, 0.3) is 10.0 Å². The zero-order valence-corrected chi connectivity index (χ0v) is 11.0. The fourth-order valence-electron chi connectivity index (χ4n) is 1.54. The Bertz CT molecular complexity index is 720. The fraction of sp³-hybridized carbons (Fsp3) is 0.0909. The van der Waals surface area contributed by atoms with Crippen LogP contribution in [0.15, 0.2) is 35.4 Å². The highest BCUT2D eigenvalue weighted by Crippen LogP contribution is 2.17. The molecule has 0 aliphatic carbocycles. The number of nitrogens with one attached hydrogen (secondary N) is 3. The monoisotopic (exact) mass is 279 g/mol. The number of nitrogens with two attached hydrogens (primary N) is 1. The second-order valence-electron chi connectivity index (χ2n) is 3.99. The second-order valence-corrected chi connectivity index (χ2v) is 5.68. The highest BCUT2D eigenvalue weighted by Gasteiger charge is 2.18. The van der Waals surface area contributed by atoms with Crippen molar-refractivity contribution in [1.82, 2.24) is 10.2 Å². The maximum Gasteiger partial charge on any atom is 0.263 e. The molecule has 0 atom stereocenters. The van der Waals surface area contributed by atoms with Crippen LogP contribution in [-0.2, 0) is 10.0 Å². The smallest absolute Gasteiger partial charge is 0.263 e. The van der Waals surface area contributed by atoms with Gasteiger partial charge in [0, 0.05) is 0 Å². The van der Waals surface area contributed by atoms with Crippen LogP contribution >= 0.6 is 0 Å². The minimum Gasteiger partial charge on any atom is -0.384 e. The van der Waals surface area contributed by atoms with E-state index < -0.39 is 10.0 Å². The van der Waals surface area contributed by atoms with E-state index in [-0.39, 0.29) is 22.1 Å². The topological polar surface area (TPSA) is 125 Å². The lowest BCUT2D eigenvalue weighted by atomic mass is 10.2. The van der Waals surface area contributed by atoms with Crippen LogP contribution < -0.4 is 10.5 Å². The lowest BCUT2D eigenvalue weighted by Crippen LogP contribution is -2.18. The van der Waals surface area contributed by atoms with Crippen molar-refractivity contribution in [2.45, 2.75) is 11.8 Å². The number of nitrogen functional groups attached to an aromatic ring is 1. The number of aromatic nitrogens is 2. The molecule has 8 heteroatoms. The summed E-state index contributed by atoms with van der Waals surface area (Å²) in [4.78, 5) is 0.136. The number of anilines is 1. The molecule has 0 bridgehead atoms. The van der Waals surface area contributed by atoms with E-state index in [4.69, 9.17) is 11.1 Å². The molecular weight excluding hydrogens is 266 g/mol. The minimum atomic E-state index is -3.74. The first-order chi connectivity index (χ1) is 8.90. The van der Waals surface area contributed by atoms with Gasteiger partial charge >= 0.3 is 0 Å². The normalized spacial score (nSPS) is 11.2. The summed E-state index contributed by atoms with van der Waals surface area (Å²) in [6.45, 7) is 1.80. The van der Waals surface area contributed by atoms with Gasteiger partial charge in [-0.3, -0.25) is 15.2 Å². The van der Waals surface area contributed by atoms with Gasteiger partial charge in [0.2, 0.25) is 0 Å². The number of sulfonamides is 1. The van der Waals surface area contributed by atoms with Gasteiger partial charge < -0.3 is 5.73 Å². The third kappa shape index (κ3) is 2.74. The number of H-pyrrole nitrogens is 1. The Morgan fingerprint density at radius 2 is 2.21 bits per heavy atom. The Morgan fingerprint density at radius 3 is 2.84 bits per heavy atom. The zero-order valence-electron chi connectivity index (χ0n) is 10.1. The van der Waals surface area contributed by atoms with E-state index in [1.807, 2.05) is 0 Å². The van der Waals surface area contributed by atoms with Crippen molar-refractivity contribution in [3.05, 3.63) is 41.6 Å². The van der Waals surface area contributed by atoms with E-state index in [0.717, 1.165) is 5.56 Å². The Hall–Kier alpha value is -2.35. The van der Waals surface area contributed by atoms with Crippen molar-refractivity contribution in [1.29, 1.82) is 5.41 Å². The average molecular weight is 279 g/mol. The molecule has 0 saturated heterocycles. The first-order valence-electron chi connectivity index (χ1n) is 5.37. The number of aryl methyl sites for hydroxylation is 1. The number of hydrogen-bond acceptors (Lipinski definition) is 4. The molecule has 2 rings (SSSR count). The maximum atomic E-state index is 12.2. The van der Waals surface area contributed by atoms with Crippen LogP contribution in [-0.4, -0.2) is 24.5 Å².